The molecule has 1 aromatic heterocycles. The van der Waals surface area contributed by atoms with E-state index in [1.807, 2.05) is 11.7 Å². The maximum Gasteiger partial charge on any atom is 0.0666 e. The molecule has 0 aromatic carbocycles. The molecular weight excluding hydrogens is 234 g/mol. The van der Waals surface area contributed by atoms with Crippen LogP contribution in [0.5, 0.6) is 0 Å². The van der Waals surface area contributed by atoms with E-state index in [0.717, 1.165) is 18.9 Å². The summed E-state index contributed by atoms with van der Waals surface area (Å²) in [6.07, 6.45) is 11.7. The molecule has 1 aromatic rings. The molecule has 1 atom stereocenters. The highest BCUT2D eigenvalue weighted by molar-refractivity contribution is 5.16. The van der Waals surface area contributed by atoms with Gasteiger partial charge in [0.15, 0.2) is 0 Å². The predicted molar refractivity (Wildman–Crippen MR) is 80.1 cm³/mol. The minimum absolute atomic E-state index is 0.628. The van der Waals surface area contributed by atoms with Gasteiger partial charge in [-0.15, -0.1) is 0 Å². The Hall–Kier alpha value is -0.830. The summed E-state index contributed by atoms with van der Waals surface area (Å²) in [7, 11) is 2.01. The van der Waals surface area contributed by atoms with Gasteiger partial charge in [0, 0.05) is 31.4 Å². The van der Waals surface area contributed by atoms with E-state index in [-0.39, 0.29) is 0 Å². The molecule has 1 N–H and O–H groups in total. The minimum atomic E-state index is 0.628. The molecule has 1 heterocycles. The summed E-state index contributed by atoms with van der Waals surface area (Å²) in [5, 5.41) is 8.24. The number of nitrogens with one attached hydrogen (secondary N) is 1. The Balaban J connectivity index is 1.86. The Morgan fingerprint density at radius 1 is 1.32 bits per heavy atom. The third kappa shape index (κ3) is 4.07. The molecule has 1 saturated carbocycles. The highest BCUT2D eigenvalue weighted by atomic mass is 15.3. The highest BCUT2D eigenvalue weighted by Crippen LogP contribution is 2.25. The minimum Gasteiger partial charge on any atom is -0.310 e. The summed E-state index contributed by atoms with van der Waals surface area (Å²) in [5.41, 5.74) is 2.61. The molecule has 3 nitrogen and oxygen atoms in total. The Morgan fingerprint density at radius 3 is 2.63 bits per heavy atom. The maximum atomic E-state index is 4.51. The van der Waals surface area contributed by atoms with Crippen molar-refractivity contribution in [1.82, 2.24) is 15.1 Å². The zero-order valence-corrected chi connectivity index (χ0v) is 12.8. The van der Waals surface area contributed by atoms with Crippen LogP contribution >= 0.6 is 0 Å². The zero-order chi connectivity index (χ0) is 13.7. The standard InChI is InChI=1S/C16H29N3/c1-4-16-15(12-19(3)18-16)11-17-13(2)14-9-7-5-6-8-10-14/h12-14,17H,4-11H2,1-3H3/t13-/m0/s1. The van der Waals surface area contributed by atoms with Crippen molar-refractivity contribution in [3.8, 4) is 0 Å². The van der Waals surface area contributed by atoms with Crippen LogP contribution in [-0.4, -0.2) is 15.8 Å². The van der Waals surface area contributed by atoms with Crippen LogP contribution in [-0.2, 0) is 20.0 Å². The molecule has 1 aliphatic rings. The topological polar surface area (TPSA) is 29.9 Å². The molecule has 3 heteroatoms. The molecule has 19 heavy (non-hydrogen) atoms. The Bertz CT molecular complexity index is 375. The summed E-state index contributed by atoms with van der Waals surface area (Å²) in [5.74, 6) is 0.865. The molecule has 0 saturated heterocycles. The SMILES string of the molecule is CCc1nn(C)cc1CN[C@@H](C)C1CCCCCC1. The second kappa shape index (κ2) is 7.09. The molecule has 0 amide bonds. The molecule has 0 radical (unpaired) electrons. The van der Waals surface area contributed by atoms with Gasteiger partial charge in [0.1, 0.15) is 0 Å². The number of hydrogen-bond acceptors (Lipinski definition) is 2. The second-order valence-corrected chi connectivity index (χ2v) is 6.05. The first-order valence-electron chi connectivity index (χ1n) is 7.95. The predicted octanol–water partition coefficient (Wildman–Crippen LogP) is 3.43. The van der Waals surface area contributed by atoms with Gasteiger partial charge in [0.2, 0.25) is 0 Å². The maximum absolute atomic E-state index is 4.51. The number of rotatable bonds is 5. The monoisotopic (exact) mass is 263 g/mol. The lowest BCUT2D eigenvalue weighted by atomic mass is 9.93. The summed E-state index contributed by atoms with van der Waals surface area (Å²) < 4.78 is 1.94. The molecule has 2 rings (SSSR count). The molecule has 1 fully saturated rings. The van der Waals surface area contributed by atoms with E-state index in [1.165, 1.54) is 49.8 Å². The first kappa shape index (κ1) is 14.6. The molecular formula is C16H29N3. The van der Waals surface area contributed by atoms with Crippen molar-refractivity contribution in [2.75, 3.05) is 0 Å². The fourth-order valence-corrected chi connectivity index (χ4v) is 3.28. The van der Waals surface area contributed by atoms with E-state index in [9.17, 15) is 0 Å². The Kier molecular flexibility index (Phi) is 5.44. The van der Waals surface area contributed by atoms with E-state index in [2.05, 4.69) is 30.5 Å². The number of nitrogens with zero attached hydrogens (tertiary/aromatic N) is 2. The lowest BCUT2D eigenvalue weighted by Crippen LogP contribution is -2.33. The molecule has 0 aliphatic heterocycles. The second-order valence-electron chi connectivity index (χ2n) is 6.05. The van der Waals surface area contributed by atoms with Gasteiger partial charge in [-0.05, 0) is 32.1 Å². The fraction of sp³-hybridized carbons (Fsp3) is 0.812. The largest absolute Gasteiger partial charge is 0.310 e. The van der Waals surface area contributed by atoms with E-state index in [1.54, 1.807) is 0 Å². The molecule has 0 unspecified atom stereocenters. The number of aryl methyl sites for hydroxylation is 2. The lowest BCUT2D eigenvalue weighted by Gasteiger charge is -2.23. The first-order valence-corrected chi connectivity index (χ1v) is 7.95. The van der Waals surface area contributed by atoms with Crippen LogP contribution < -0.4 is 5.32 Å². The van der Waals surface area contributed by atoms with Gasteiger partial charge in [-0.3, -0.25) is 4.68 Å². The van der Waals surface area contributed by atoms with Crippen LogP contribution in [0.15, 0.2) is 6.20 Å². The molecule has 0 spiro atoms. The van der Waals surface area contributed by atoms with Crippen molar-refractivity contribution >= 4 is 0 Å². The van der Waals surface area contributed by atoms with Crippen LogP contribution in [0.1, 0.15) is 63.6 Å². The van der Waals surface area contributed by atoms with Gasteiger partial charge in [-0.2, -0.15) is 5.10 Å². The van der Waals surface area contributed by atoms with Crippen molar-refractivity contribution in [2.45, 2.75) is 71.4 Å². The lowest BCUT2D eigenvalue weighted by molar-refractivity contribution is 0.336. The number of hydrogen-bond donors (Lipinski definition) is 1. The van der Waals surface area contributed by atoms with Gasteiger partial charge >= 0.3 is 0 Å². The van der Waals surface area contributed by atoms with Crippen molar-refractivity contribution < 1.29 is 0 Å². The highest BCUT2D eigenvalue weighted by Gasteiger charge is 2.19. The van der Waals surface area contributed by atoms with Gasteiger partial charge < -0.3 is 5.32 Å². The van der Waals surface area contributed by atoms with Crippen LogP contribution in [0.4, 0.5) is 0 Å². The van der Waals surface area contributed by atoms with Gasteiger partial charge in [0.05, 0.1) is 5.69 Å². The van der Waals surface area contributed by atoms with Gasteiger partial charge in [-0.1, -0.05) is 32.6 Å². The third-order valence-corrected chi connectivity index (χ3v) is 4.55. The summed E-state index contributed by atoms with van der Waals surface area (Å²) in [6, 6.07) is 0.628. The van der Waals surface area contributed by atoms with Crippen LogP contribution in [0, 0.1) is 5.92 Å². The van der Waals surface area contributed by atoms with Gasteiger partial charge in [-0.25, -0.2) is 0 Å². The van der Waals surface area contributed by atoms with Gasteiger partial charge in [0.25, 0.3) is 0 Å². The molecule has 1 aliphatic carbocycles. The van der Waals surface area contributed by atoms with E-state index >= 15 is 0 Å². The average molecular weight is 263 g/mol. The van der Waals surface area contributed by atoms with Crippen molar-refractivity contribution in [1.29, 1.82) is 0 Å². The zero-order valence-electron chi connectivity index (χ0n) is 12.8. The van der Waals surface area contributed by atoms with Crippen LogP contribution in [0.2, 0.25) is 0 Å². The average Bonchev–Trinajstić information content (AvgIpc) is 2.62. The van der Waals surface area contributed by atoms with Crippen molar-refractivity contribution in [3.05, 3.63) is 17.5 Å². The van der Waals surface area contributed by atoms with Crippen molar-refractivity contribution in [3.63, 3.8) is 0 Å². The normalized spacial score (nSPS) is 19.3. The van der Waals surface area contributed by atoms with E-state index < -0.39 is 0 Å². The first-order chi connectivity index (χ1) is 9.20. The third-order valence-electron chi connectivity index (χ3n) is 4.55. The van der Waals surface area contributed by atoms with Crippen LogP contribution in [0.25, 0.3) is 0 Å². The smallest absolute Gasteiger partial charge is 0.0666 e. The molecule has 0 bridgehead atoms. The summed E-state index contributed by atoms with van der Waals surface area (Å²) in [4.78, 5) is 0. The Labute approximate surface area is 117 Å². The quantitative estimate of drug-likeness (QED) is 0.825. The fourth-order valence-electron chi connectivity index (χ4n) is 3.28. The van der Waals surface area contributed by atoms with E-state index in [0.29, 0.717) is 6.04 Å². The number of aromatic nitrogens is 2. The molecule has 108 valence electrons. The van der Waals surface area contributed by atoms with Crippen LogP contribution in [0.3, 0.4) is 0 Å². The Morgan fingerprint density at radius 2 is 2.00 bits per heavy atom. The summed E-state index contributed by atoms with van der Waals surface area (Å²) >= 11 is 0. The van der Waals surface area contributed by atoms with E-state index in [4.69, 9.17) is 0 Å². The van der Waals surface area contributed by atoms with Crippen molar-refractivity contribution in [2.24, 2.45) is 13.0 Å². The summed E-state index contributed by atoms with van der Waals surface area (Å²) in [6.45, 7) is 5.51.